The van der Waals surface area contributed by atoms with Crippen molar-refractivity contribution in [3.8, 4) is 17.2 Å². The minimum absolute atomic E-state index is 0.205. The maximum Gasteiger partial charge on any atom is 0.342 e. The molecule has 0 unspecified atom stereocenters. The molecular weight excluding hydrogens is 402 g/mol. The van der Waals surface area contributed by atoms with Gasteiger partial charge in [-0.05, 0) is 36.6 Å². The Morgan fingerprint density at radius 2 is 1.59 bits per heavy atom. The lowest BCUT2D eigenvalue weighted by atomic mass is 9.95. The van der Waals surface area contributed by atoms with Crippen LogP contribution in [0.5, 0.6) is 17.2 Å². The fraction of sp³-hybridized carbons (Fsp3) is 0.296. The van der Waals surface area contributed by atoms with Crippen molar-refractivity contribution in [2.75, 3.05) is 12.4 Å². The molecule has 1 aliphatic carbocycles. The number of nitrogens with one attached hydrogen (secondary N) is 1. The molecule has 0 radical (unpaired) electrons. The van der Waals surface area contributed by atoms with Gasteiger partial charge in [0.2, 0.25) is 0 Å². The second-order valence-electron chi connectivity index (χ2n) is 8.00. The van der Waals surface area contributed by atoms with Crippen molar-refractivity contribution in [2.24, 2.45) is 0 Å². The topological polar surface area (TPSA) is 56.8 Å². The van der Waals surface area contributed by atoms with E-state index in [1.54, 1.807) is 19.2 Å². The van der Waals surface area contributed by atoms with E-state index in [-0.39, 0.29) is 6.61 Å². The standard InChI is InChI=1S/C27H29NO4/c1-30-25-18-26(32-22-15-9-4-10-16-22)24(28-21-13-7-3-8-14-21)17-23(25)27(29)31-19-20-11-5-2-6-12-20/h2,4-6,9-12,15-18,21,28H,3,7-8,13-14,19H2,1H3. The van der Waals surface area contributed by atoms with Crippen molar-refractivity contribution in [3.05, 3.63) is 83.9 Å². The average Bonchev–Trinajstić information content (AvgIpc) is 2.85. The number of anilines is 1. The third-order valence-electron chi connectivity index (χ3n) is 5.67. The SMILES string of the molecule is COc1cc(Oc2ccccc2)c(NC2CCCCC2)cc1C(=O)OCc1ccccc1. The highest BCUT2D eigenvalue weighted by Gasteiger charge is 2.22. The molecule has 5 heteroatoms. The number of rotatable bonds is 8. The van der Waals surface area contributed by atoms with Gasteiger partial charge in [0.15, 0.2) is 5.75 Å². The second kappa shape index (κ2) is 10.7. The third kappa shape index (κ3) is 5.61. The van der Waals surface area contributed by atoms with Gasteiger partial charge in [0.1, 0.15) is 23.7 Å². The lowest BCUT2D eigenvalue weighted by molar-refractivity contribution is 0.0469. The normalized spacial score (nSPS) is 13.9. The highest BCUT2D eigenvalue weighted by Crippen LogP contribution is 2.38. The Kier molecular flexibility index (Phi) is 7.28. The van der Waals surface area contributed by atoms with Crippen LogP contribution in [0.4, 0.5) is 5.69 Å². The number of carbonyl (C=O) groups is 1. The van der Waals surface area contributed by atoms with Crippen LogP contribution < -0.4 is 14.8 Å². The summed E-state index contributed by atoms with van der Waals surface area (Å²) in [6.45, 7) is 0.205. The zero-order chi connectivity index (χ0) is 22.2. The first-order valence-corrected chi connectivity index (χ1v) is 11.2. The van der Waals surface area contributed by atoms with Crippen LogP contribution in [0.15, 0.2) is 72.8 Å². The molecule has 0 aliphatic heterocycles. The van der Waals surface area contributed by atoms with Crippen molar-refractivity contribution in [1.29, 1.82) is 0 Å². The van der Waals surface area contributed by atoms with Gasteiger partial charge in [-0.3, -0.25) is 0 Å². The molecule has 1 fully saturated rings. The number of carbonyl (C=O) groups excluding carboxylic acids is 1. The van der Waals surface area contributed by atoms with Crippen molar-refractivity contribution >= 4 is 11.7 Å². The first-order chi connectivity index (χ1) is 15.7. The molecule has 0 aromatic heterocycles. The number of para-hydroxylation sites is 1. The summed E-state index contributed by atoms with van der Waals surface area (Å²) in [4.78, 5) is 12.9. The van der Waals surface area contributed by atoms with E-state index in [4.69, 9.17) is 14.2 Å². The van der Waals surface area contributed by atoms with Crippen LogP contribution in [0.2, 0.25) is 0 Å². The van der Waals surface area contributed by atoms with Crippen molar-refractivity contribution in [3.63, 3.8) is 0 Å². The van der Waals surface area contributed by atoms with Gasteiger partial charge in [0, 0.05) is 12.1 Å². The molecule has 166 valence electrons. The summed E-state index contributed by atoms with van der Waals surface area (Å²) in [6.07, 6.45) is 5.88. The van der Waals surface area contributed by atoms with E-state index in [9.17, 15) is 4.79 Å². The zero-order valence-corrected chi connectivity index (χ0v) is 18.4. The van der Waals surface area contributed by atoms with Crippen LogP contribution in [0, 0.1) is 0 Å². The van der Waals surface area contributed by atoms with Gasteiger partial charge in [-0.15, -0.1) is 0 Å². The van der Waals surface area contributed by atoms with Gasteiger partial charge in [0.05, 0.1) is 12.8 Å². The summed E-state index contributed by atoms with van der Waals surface area (Å²) in [5.41, 5.74) is 2.08. The minimum Gasteiger partial charge on any atom is -0.496 e. The van der Waals surface area contributed by atoms with E-state index >= 15 is 0 Å². The molecule has 0 heterocycles. The van der Waals surface area contributed by atoms with Gasteiger partial charge in [0.25, 0.3) is 0 Å². The van der Waals surface area contributed by atoms with Gasteiger partial charge >= 0.3 is 5.97 Å². The maximum atomic E-state index is 12.9. The molecule has 32 heavy (non-hydrogen) atoms. The number of benzene rings is 3. The third-order valence-corrected chi connectivity index (χ3v) is 5.67. The van der Waals surface area contributed by atoms with E-state index in [0.29, 0.717) is 23.1 Å². The summed E-state index contributed by atoms with van der Waals surface area (Å²) < 4.78 is 17.3. The molecule has 0 amide bonds. The fourth-order valence-electron chi connectivity index (χ4n) is 3.97. The molecule has 0 saturated heterocycles. The maximum absolute atomic E-state index is 12.9. The van der Waals surface area contributed by atoms with Crippen LogP contribution in [-0.4, -0.2) is 19.1 Å². The van der Waals surface area contributed by atoms with Crippen LogP contribution in [0.3, 0.4) is 0 Å². The molecule has 5 nitrogen and oxygen atoms in total. The molecule has 3 aromatic rings. The number of methoxy groups -OCH3 is 1. The molecular formula is C27H29NO4. The second-order valence-corrected chi connectivity index (χ2v) is 8.00. The largest absolute Gasteiger partial charge is 0.496 e. The molecule has 1 aliphatic rings. The summed E-state index contributed by atoms with van der Waals surface area (Å²) in [5, 5.41) is 3.60. The van der Waals surface area contributed by atoms with Crippen LogP contribution in [-0.2, 0) is 11.3 Å². The zero-order valence-electron chi connectivity index (χ0n) is 18.4. The highest BCUT2D eigenvalue weighted by molar-refractivity contribution is 5.94. The fourth-order valence-corrected chi connectivity index (χ4v) is 3.97. The molecule has 0 bridgehead atoms. The van der Waals surface area contributed by atoms with Gasteiger partial charge < -0.3 is 19.5 Å². The van der Waals surface area contributed by atoms with Crippen molar-refractivity contribution < 1.29 is 19.0 Å². The number of hydrogen-bond donors (Lipinski definition) is 1. The quantitative estimate of drug-likeness (QED) is 0.408. The minimum atomic E-state index is -0.427. The first-order valence-electron chi connectivity index (χ1n) is 11.2. The lowest BCUT2D eigenvalue weighted by Gasteiger charge is -2.25. The number of esters is 1. The van der Waals surface area contributed by atoms with Crippen molar-refractivity contribution in [2.45, 2.75) is 44.8 Å². The Morgan fingerprint density at radius 3 is 2.28 bits per heavy atom. The molecule has 0 spiro atoms. The Balaban J connectivity index is 1.61. The molecule has 4 rings (SSSR count). The number of hydrogen-bond acceptors (Lipinski definition) is 5. The molecule has 1 N–H and O–H groups in total. The Morgan fingerprint density at radius 1 is 0.906 bits per heavy atom. The van der Waals surface area contributed by atoms with Gasteiger partial charge in [-0.25, -0.2) is 4.79 Å². The monoisotopic (exact) mass is 431 g/mol. The number of ether oxygens (including phenoxy) is 3. The Bertz CT molecular complexity index is 1010. The van der Waals surface area contributed by atoms with Crippen LogP contribution in [0.25, 0.3) is 0 Å². The summed E-state index contributed by atoms with van der Waals surface area (Å²) in [5.74, 6) is 1.34. The van der Waals surface area contributed by atoms with Gasteiger partial charge in [-0.1, -0.05) is 67.8 Å². The van der Waals surface area contributed by atoms with Crippen molar-refractivity contribution in [1.82, 2.24) is 0 Å². The average molecular weight is 432 g/mol. The van der Waals surface area contributed by atoms with E-state index in [2.05, 4.69) is 5.32 Å². The smallest absolute Gasteiger partial charge is 0.342 e. The van der Waals surface area contributed by atoms with E-state index in [0.717, 1.165) is 29.8 Å². The van der Waals surface area contributed by atoms with Crippen LogP contribution in [0.1, 0.15) is 48.0 Å². The predicted molar refractivity (Wildman–Crippen MR) is 126 cm³/mol. The summed E-state index contributed by atoms with van der Waals surface area (Å²) >= 11 is 0. The van der Waals surface area contributed by atoms with E-state index < -0.39 is 5.97 Å². The molecule has 1 saturated carbocycles. The van der Waals surface area contributed by atoms with E-state index in [1.165, 1.54) is 19.3 Å². The van der Waals surface area contributed by atoms with Crippen LogP contribution >= 0.6 is 0 Å². The Hall–Kier alpha value is -3.47. The molecule has 3 aromatic carbocycles. The first kappa shape index (κ1) is 21.8. The highest BCUT2D eigenvalue weighted by atomic mass is 16.5. The predicted octanol–water partition coefficient (Wildman–Crippen LogP) is 6.59. The van der Waals surface area contributed by atoms with Gasteiger partial charge in [-0.2, -0.15) is 0 Å². The lowest BCUT2D eigenvalue weighted by Crippen LogP contribution is -2.22. The summed E-state index contributed by atoms with van der Waals surface area (Å²) in [7, 11) is 1.55. The summed E-state index contributed by atoms with van der Waals surface area (Å²) in [6, 6.07) is 23.1. The molecule has 0 atom stereocenters. The van der Waals surface area contributed by atoms with E-state index in [1.807, 2.05) is 60.7 Å². The Labute approximate surface area is 189 Å².